The number of carboxylic acid groups (broad SMARTS) is 1. The van der Waals surface area contributed by atoms with Gasteiger partial charge in [-0.1, -0.05) is 24.3 Å². The zero-order valence-corrected chi connectivity index (χ0v) is 22.7. The summed E-state index contributed by atoms with van der Waals surface area (Å²) in [5.74, 6) is -0.985. The molecule has 2 aromatic heterocycles. The molecular weight excluding hydrogens is 493 g/mol. The summed E-state index contributed by atoms with van der Waals surface area (Å²) >= 11 is 0. The summed E-state index contributed by atoms with van der Waals surface area (Å²) in [6.45, 7) is 2.59. The third-order valence-electron chi connectivity index (χ3n) is 5.92. The van der Waals surface area contributed by atoms with E-state index in [-0.39, 0.29) is 53.4 Å². The van der Waals surface area contributed by atoms with Crippen LogP contribution in [0.2, 0.25) is 0 Å². The number of aryl methyl sites for hydroxylation is 1. The molecule has 13 nitrogen and oxygen atoms in total. The van der Waals surface area contributed by atoms with E-state index in [1.165, 1.54) is 10.9 Å². The van der Waals surface area contributed by atoms with Crippen molar-refractivity contribution in [3.63, 3.8) is 0 Å². The third kappa shape index (κ3) is 6.55. The van der Waals surface area contributed by atoms with Crippen molar-refractivity contribution in [1.82, 2.24) is 24.8 Å². The smallest absolute Gasteiger partial charge is 0.481 e. The minimum absolute atomic E-state index is 0. The topological polar surface area (TPSA) is 198 Å². The maximum absolute atomic E-state index is 12.2. The molecule has 192 valence electrons. The molecule has 1 aliphatic heterocycles. The van der Waals surface area contributed by atoms with Crippen LogP contribution in [-0.4, -0.2) is 78.1 Å². The Hall–Kier alpha value is -2.81. The molecule has 4 rings (SSSR count). The van der Waals surface area contributed by atoms with Gasteiger partial charge in [0, 0.05) is 19.5 Å². The second-order valence-electron chi connectivity index (χ2n) is 8.47. The first-order valence-corrected chi connectivity index (χ1v) is 11.6. The average molecular weight is 523 g/mol. The van der Waals surface area contributed by atoms with Gasteiger partial charge in [0.05, 0.1) is 6.33 Å². The molecule has 1 fully saturated rings. The van der Waals surface area contributed by atoms with E-state index in [0.717, 1.165) is 11.1 Å². The van der Waals surface area contributed by atoms with Gasteiger partial charge in [-0.3, -0.25) is 14.2 Å². The van der Waals surface area contributed by atoms with E-state index in [1.807, 2.05) is 24.3 Å². The molecule has 1 aliphatic rings. The molecule has 37 heavy (non-hydrogen) atoms. The first-order chi connectivity index (χ1) is 17.3. The van der Waals surface area contributed by atoms with Crippen LogP contribution in [0.25, 0.3) is 11.2 Å². The number of nitrogen functional groups attached to an aromatic ring is 1. The van der Waals surface area contributed by atoms with Gasteiger partial charge in [-0.15, -0.1) is 0 Å². The Labute approximate surface area is 234 Å². The van der Waals surface area contributed by atoms with E-state index in [9.17, 15) is 19.8 Å². The normalized spacial score (nSPS) is 20.9. The van der Waals surface area contributed by atoms with Gasteiger partial charge >= 0.3 is 35.5 Å². The summed E-state index contributed by atoms with van der Waals surface area (Å²) in [5.41, 5.74) is 8.65. The summed E-state index contributed by atoms with van der Waals surface area (Å²) in [6.07, 6.45) is -2.56. The Bertz CT molecular complexity index is 1240. The number of aliphatic hydroxyl groups excluding tert-OH is 2. The van der Waals surface area contributed by atoms with Crippen molar-refractivity contribution in [2.75, 3.05) is 24.1 Å². The van der Waals surface area contributed by atoms with Crippen molar-refractivity contribution < 1.29 is 59.2 Å². The number of anilines is 2. The van der Waals surface area contributed by atoms with Gasteiger partial charge in [0.1, 0.15) is 17.7 Å². The van der Waals surface area contributed by atoms with Crippen LogP contribution in [-0.2, 0) is 27.2 Å². The number of likely N-dealkylation sites (N-methyl/N-ethyl adjacent to an activating group) is 1. The Morgan fingerprint density at radius 2 is 1.78 bits per heavy atom. The van der Waals surface area contributed by atoms with Crippen LogP contribution in [0.5, 0.6) is 0 Å². The number of amides is 1. The number of carbonyl (C=O) groups is 2. The van der Waals surface area contributed by atoms with Gasteiger partial charge in [-0.25, -0.2) is 4.98 Å². The molecule has 1 amide bonds. The predicted octanol–water partition coefficient (Wildman–Crippen LogP) is -3.16. The molecule has 3 heterocycles. The van der Waals surface area contributed by atoms with Crippen LogP contribution < -0.4 is 45.9 Å². The van der Waals surface area contributed by atoms with Crippen molar-refractivity contribution in [2.45, 2.75) is 50.7 Å². The standard InChI is InChI=1S/C23H29N7O6.Na/c1-2-25-21(35)18-16(33)17(34)22(36-18)30-11-27-15-19(24)28-23(29-20(15)30)26-10-9-13-5-3-12(4-6-13)7-8-14(31)32;/h3-6,11,16-18,22,33-34H,2,7-10H2,1H3,(H,25,35)(H,31,32)(H3,24,26,28,29);/q;+1/t16-,17+,18-,22+;/m0./s1. The average Bonchev–Trinajstić information content (AvgIpc) is 3.40. The van der Waals surface area contributed by atoms with E-state index < -0.39 is 36.4 Å². The Morgan fingerprint density at radius 3 is 2.43 bits per heavy atom. The molecule has 7 N–H and O–H groups in total. The number of nitrogens with two attached hydrogens (primary N) is 1. The SMILES string of the molecule is CCNC(=O)[C@H]1O[C@@H](n2cnc3c(N)nc(NCCc4ccc(CCC(=O)O)cc4)nc32)[C@H](O)[C@@H]1O.[Na+]. The van der Waals surface area contributed by atoms with E-state index in [1.54, 1.807) is 6.92 Å². The number of hydrogen-bond acceptors (Lipinski definition) is 10. The van der Waals surface area contributed by atoms with Crippen molar-refractivity contribution in [3.05, 3.63) is 41.7 Å². The minimum atomic E-state index is -1.42. The number of ether oxygens (including phenoxy) is 1. The maximum Gasteiger partial charge on any atom is 1.00 e. The number of rotatable bonds is 10. The maximum atomic E-state index is 12.2. The molecule has 14 heteroatoms. The molecule has 1 saturated heterocycles. The summed E-state index contributed by atoms with van der Waals surface area (Å²) in [4.78, 5) is 35.8. The summed E-state index contributed by atoms with van der Waals surface area (Å²) in [6, 6.07) is 7.71. The largest absolute Gasteiger partial charge is 1.00 e. The number of nitrogens with one attached hydrogen (secondary N) is 2. The van der Waals surface area contributed by atoms with Crippen LogP contribution >= 0.6 is 0 Å². The van der Waals surface area contributed by atoms with E-state index >= 15 is 0 Å². The molecular formula is C23H29N7NaO6+. The van der Waals surface area contributed by atoms with E-state index in [0.29, 0.717) is 31.4 Å². The van der Waals surface area contributed by atoms with Crippen molar-refractivity contribution in [3.8, 4) is 0 Å². The monoisotopic (exact) mass is 522 g/mol. The van der Waals surface area contributed by atoms with Gasteiger partial charge in [-0.2, -0.15) is 9.97 Å². The molecule has 0 saturated carbocycles. The Kier molecular flexibility index (Phi) is 9.81. The van der Waals surface area contributed by atoms with E-state index in [2.05, 4.69) is 25.6 Å². The molecule has 0 aliphatic carbocycles. The van der Waals surface area contributed by atoms with Gasteiger partial charge in [0.15, 0.2) is 23.8 Å². The first kappa shape index (κ1) is 28.8. The van der Waals surface area contributed by atoms with E-state index in [4.69, 9.17) is 15.6 Å². The van der Waals surface area contributed by atoms with Crippen LogP contribution in [0.4, 0.5) is 11.8 Å². The first-order valence-electron chi connectivity index (χ1n) is 11.6. The fourth-order valence-corrected chi connectivity index (χ4v) is 4.03. The second-order valence-corrected chi connectivity index (χ2v) is 8.47. The molecule has 0 bridgehead atoms. The molecule has 0 radical (unpaired) electrons. The fourth-order valence-electron chi connectivity index (χ4n) is 4.03. The number of benzene rings is 1. The zero-order chi connectivity index (χ0) is 25.8. The van der Waals surface area contributed by atoms with Crippen LogP contribution in [0, 0.1) is 0 Å². The molecule has 0 unspecified atom stereocenters. The number of nitrogens with zero attached hydrogens (tertiary/aromatic N) is 4. The number of aromatic nitrogens is 4. The van der Waals surface area contributed by atoms with Crippen LogP contribution in [0.3, 0.4) is 0 Å². The summed E-state index contributed by atoms with van der Waals surface area (Å²) in [5, 5.41) is 35.4. The van der Waals surface area contributed by atoms with Gasteiger partial charge in [0.2, 0.25) is 5.95 Å². The Morgan fingerprint density at radius 1 is 1.11 bits per heavy atom. The van der Waals surface area contributed by atoms with Gasteiger partial charge in [-0.05, 0) is 30.9 Å². The number of carboxylic acids is 1. The number of aliphatic hydroxyl groups is 2. The number of imidazole rings is 1. The Balaban J connectivity index is 0.00000380. The van der Waals surface area contributed by atoms with Crippen LogP contribution in [0.1, 0.15) is 30.7 Å². The number of carbonyl (C=O) groups excluding carboxylic acids is 1. The predicted molar refractivity (Wildman–Crippen MR) is 129 cm³/mol. The quantitative estimate of drug-likeness (QED) is 0.147. The zero-order valence-electron chi connectivity index (χ0n) is 20.7. The van der Waals surface area contributed by atoms with Crippen molar-refractivity contribution in [1.29, 1.82) is 0 Å². The van der Waals surface area contributed by atoms with Gasteiger partial charge in [0.25, 0.3) is 5.91 Å². The van der Waals surface area contributed by atoms with Crippen molar-refractivity contribution in [2.24, 2.45) is 0 Å². The molecule has 4 atom stereocenters. The minimum Gasteiger partial charge on any atom is -0.481 e. The van der Waals surface area contributed by atoms with Gasteiger partial charge < -0.3 is 36.4 Å². The summed E-state index contributed by atoms with van der Waals surface area (Å²) in [7, 11) is 0. The molecule has 1 aromatic carbocycles. The third-order valence-corrected chi connectivity index (χ3v) is 5.92. The molecule has 0 spiro atoms. The van der Waals surface area contributed by atoms with Crippen LogP contribution in [0.15, 0.2) is 30.6 Å². The molecule has 3 aromatic rings. The fraction of sp³-hybridized carbons (Fsp3) is 0.435. The number of fused-ring (bicyclic) bond motifs is 1. The van der Waals surface area contributed by atoms with Crippen molar-refractivity contribution >= 4 is 34.8 Å². The summed E-state index contributed by atoms with van der Waals surface area (Å²) < 4.78 is 7.09. The number of hydrogen-bond donors (Lipinski definition) is 6. The second kappa shape index (κ2) is 12.6. The number of aliphatic carboxylic acids is 1.